The van der Waals surface area contributed by atoms with Crippen LogP contribution < -0.4 is 0 Å². The highest BCUT2D eigenvalue weighted by molar-refractivity contribution is 5.83. The summed E-state index contributed by atoms with van der Waals surface area (Å²) in [5.74, 6) is -4.26. The zero-order valence-corrected chi connectivity index (χ0v) is 40.3. The van der Waals surface area contributed by atoms with Gasteiger partial charge in [-0.15, -0.1) is 0 Å². The quantitative estimate of drug-likeness (QED) is 0.237. The SMILES string of the molecule is CC[C@H]1OC(=O)[C@H](C)[C@@H](O[C@H]2C[C@@](C)(OC)[C@@H](O)[C@H](C)O2)[C@H](C)[C@@H](O[C@@H]2O[C@H](C)C[C@@H](N(C)CCCc3ccncc3)[C@@H]2N(C)C)[C@@](C)(OC)C[C@@H](C)C(=O)[C@H](C)[C@@H](O)[C@]1(C)O. The van der Waals surface area contributed by atoms with E-state index in [0.717, 1.165) is 25.8 Å². The van der Waals surface area contributed by atoms with Crippen molar-refractivity contribution < 1.29 is 58.1 Å². The van der Waals surface area contributed by atoms with Crippen LogP contribution in [0.4, 0.5) is 0 Å². The number of ether oxygens (including phenoxy) is 7. The first-order chi connectivity index (χ1) is 29.0. The second-order valence-electron chi connectivity index (χ2n) is 19.6. The average molecular weight is 880 g/mol. The number of cyclic esters (lactones) is 1. The molecule has 0 unspecified atom stereocenters. The molecule has 62 heavy (non-hydrogen) atoms. The average Bonchev–Trinajstić information content (AvgIpc) is 3.23. The Morgan fingerprint density at radius 1 is 0.871 bits per heavy atom. The molecule has 3 fully saturated rings. The minimum Gasteiger partial charge on any atom is -0.459 e. The standard InChI is InChI=1S/C47H81N3O12/c1-16-35-47(10,55)40(52)29(4)38(51)27(2)25-46(9,57-15)42(30(5)39(31(6)43(54)60-35)61-36-26-45(8,56-14)41(53)32(7)59-36)62-44-37(49(11)12)34(24-28(3)58-44)50(13)23-17-18-33-19-21-48-22-20-33/h19-22,27-32,34-37,39-42,44,52-53,55H,16-18,23-26H2,1-15H3/t27-,28-,29+,30+,31-,32+,34-,35-,36+,37+,39+,40-,41+,42-,44+,45-,46+,47-/m1/s1. The number of esters is 1. The molecule has 0 amide bonds. The molecule has 0 bridgehead atoms. The van der Waals surface area contributed by atoms with Gasteiger partial charge in [0.2, 0.25) is 0 Å². The van der Waals surface area contributed by atoms with Crippen molar-refractivity contribution in [2.75, 3.05) is 41.9 Å². The van der Waals surface area contributed by atoms with E-state index in [9.17, 15) is 24.9 Å². The number of carbonyl (C=O) groups excluding carboxylic acids is 2. The van der Waals surface area contributed by atoms with Crippen LogP contribution in [0.5, 0.6) is 0 Å². The molecule has 4 rings (SSSR count). The third-order valence-corrected chi connectivity index (χ3v) is 14.5. The summed E-state index contributed by atoms with van der Waals surface area (Å²) in [5, 5.41) is 34.5. The Balaban J connectivity index is 1.83. The molecule has 3 N–H and O–H groups in total. The number of aromatic nitrogens is 1. The number of nitrogens with zero attached hydrogens (tertiary/aromatic N) is 3. The fraction of sp³-hybridized carbons (Fsp3) is 0.851. The van der Waals surface area contributed by atoms with E-state index in [4.69, 9.17) is 33.2 Å². The van der Waals surface area contributed by atoms with Crippen LogP contribution in [0.3, 0.4) is 0 Å². The van der Waals surface area contributed by atoms with E-state index in [1.54, 1.807) is 48.7 Å². The summed E-state index contributed by atoms with van der Waals surface area (Å²) < 4.78 is 45.7. The molecule has 0 radical (unpaired) electrons. The minimum absolute atomic E-state index is 0.0386. The van der Waals surface area contributed by atoms with Crippen molar-refractivity contribution in [2.24, 2.45) is 23.7 Å². The van der Waals surface area contributed by atoms with Crippen molar-refractivity contribution in [3.8, 4) is 0 Å². The van der Waals surface area contributed by atoms with Crippen molar-refractivity contribution in [2.45, 2.75) is 192 Å². The summed E-state index contributed by atoms with van der Waals surface area (Å²) in [6.45, 7) is 18.5. The smallest absolute Gasteiger partial charge is 0.311 e. The lowest BCUT2D eigenvalue weighted by Crippen LogP contribution is -2.64. The monoisotopic (exact) mass is 880 g/mol. The van der Waals surface area contributed by atoms with Crippen LogP contribution in [0, 0.1) is 23.7 Å². The molecule has 15 heteroatoms. The Hall–Kier alpha value is -2.15. The van der Waals surface area contributed by atoms with E-state index >= 15 is 0 Å². The zero-order valence-electron chi connectivity index (χ0n) is 40.3. The molecule has 356 valence electrons. The number of likely N-dealkylation sites (N-methyl/N-ethyl adjacent to an activating group) is 2. The number of pyridine rings is 1. The van der Waals surface area contributed by atoms with Gasteiger partial charge in [-0.05, 0) is 119 Å². The minimum atomic E-state index is -1.96. The third-order valence-electron chi connectivity index (χ3n) is 14.5. The molecule has 18 atom stereocenters. The van der Waals surface area contributed by atoms with Crippen molar-refractivity contribution in [1.29, 1.82) is 0 Å². The third kappa shape index (κ3) is 11.8. The lowest BCUT2D eigenvalue weighted by atomic mass is 9.73. The van der Waals surface area contributed by atoms with Crippen LogP contribution in [0.2, 0.25) is 0 Å². The number of Topliss-reactive ketones (excluding diaryl/α,β-unsaturated/α-hetero) is 1. The van der Waals surface area contributed by atoms with Crippen LogP contribution in [-0.4, -0.2) is 168 Å². The summed E-state index contributed by atoms with van der Waals surface area (Å²) >= 11 is 0. The second-order valence-corrected chi connectivity index (χ2v) is 19.6. The summed E-state index contributed by atoms with van der Waals surface area (Å²) in [6, 6.07) is 3.89. The second kappa shape index (κ2) is 21.9. The van der Waals surface area contributed by atoms with E-state index in [2.05, 4.69) is 21.8 Å². The number of methoxy groups -OCH3 is 2. The van der Waals surface area contributed by atoms with Crippen LogP contribution in [0.15, 0.2) is 24.5 Å². The van der Waals surface area contributed by atoms with Gasteiger partial charge in [0.05, 0.1) is 53.7 Å². The molecule has 3 aliphatic heterocycles. The van der Waals surface area contributed by atoms with Crippen molar-refractivity contribution in [1.82, 2.24) is 14.8 Å². The molecule has 0 spiro atoms. The number of hydrogen-bond acceptors (Lipinski definition) is 15. The lowest BCUT2D eigenvalue weighted by molar-refractivity contribution is -0.314. The number of aryl methyl sites for hydroxylation is 1. The molecule has 4 heterocycles. The lowest BCUT2D eigenvalue weighted by Gasteiger charge is -2.51. The molecule has 3 aliphatic rings. The number of aliphatic hydroxyl groups is 3. The fourth-order valence-corrected chi connectivity index (χ4v) is 10.3. The molecule has 1 aromatic rings. The van der Waals surface area contributed by atoms with Crippen LogP contribution in [-0.2, 0) is 49.2 Å². The summed E-state index contributed by atoms with van der Waals surface area (Å²) in [4.78, 5) is 37.4. The molecule has 0 saturated carbocycles. The molecular weight excluding hydrogens is 799 g/mol. The number of aliphatic hydroxyl groups excluding tert-OH is 2. The van der Waals surface area contributed by atoms with Gasteiger partial charge in [-0.25, -0.2) is 0 Å². The van der Waals surface area contributed by atoms with Crippen molar-refractivity contribution in [3.05, 3.63) is 30.1 Å². The fourth-order valence-electron chi connectivity index (χ4n) is 10.3. The zero-order chi connectivity index (χ0) is 46.5. The summed E-state index contributed by atoms with van der Waals surface area (Å²) in [6.07, 6.45) is -1.29. The van der Waals surface area contributed by atoms with Gasteiger partial charge in [0.15, 0.2) is 12.6 Å². The van der Waals surface area contributed by atoms with Gasteiger partial charge in [0, 0.05) is 56.8 Å². The Morgan fingerprint density at radius 3 is 2.08 bits per heavy atom. The maximum absolute atomic E-state index is 14.5. The molecule has 15 nitrogen and oxygen atoms in total. The first kappa shape index (κ1) is 52.5. The highest BCUT2D eigenvalue weighted by Gasteiger charge is 2.54. The van der Waals surface area contributed by atoms with Gasteiger partial charge < -0.3 is 58.3 Å². The largest absolute Gasteiger partial charge is 0.459 e. The van der Waals surface area contributed by atoms with Crippen LogP contribution >= 0.6 is 0 Å². The molecular formula is C47H81N3O12. The van der Waals surface area contributed by atoms with Gasteiger partial charge in [-0.2, -0.15) is 0 Å². The van der Waals surface area contributed by atoms with E-state index in [1.807, 2.05) is 59.4 Å². The predicted molar refractivity (Wildman–Crippen MR) is 234 cm³/mol. The van der Waals surface area contributed by atoms with E-state index in [0.29, 0.717) is 0 Å². The van der Waals surface area contributed by atoms with E-state index < -0.39 is 95.6 Å². The summed E-state index contributed by atoms with van der Waals surface area (Å²) in [7, 11) is 9.29. The summed E-state index contributed by atoms with van der Waals surface area (Å²) in [5.41, 5.74) is -2.95. The van der Waals surface area contributed by atoms with Gasteiger partial charge in [0.1, 0.15) is 23.6 Å². The molecule has 0 aliphatic carbocycles. The van der Waals surface area contributed by atoms with Gasteiger partial charge in [-0.3, -0.25) is 14.6 Å². The van der Waals surface area contributed by atoms with Gasteiger partial charge in [-0.1, -0.05) is 27.7 Å². The maximum Gasteiger partial charge on any atom is 0.311 e. The maximum atomic E-state index is 14.5. The van der Waals surface area contributed by atoms with Gasteiger partial charge in [0.25, 0.3) is 0 Å². The molecule has 0 aromatic carbocycles. The highest BCUT2D eigenvalue weighted by atomic mass is 16.7. The van der Waals surface area contributed by atoms with Crippen LogP contribution in [0.25, 0.3) is 0 Å². The first-order valence-electron chi connectivity index (χ1n) is 22.8. The predicted octanol–water partition coefficient (Wildman–Crippen LogP) is 4.41. The first-order valence-corrected chi connectivity index (χ1v) is 22.8. The number of carbonyl (C=O) groups is 2. The Kier molecular flexibility index (Phi) is 18.5. The number of ketones is 1. The molecule has 1 aromatic heterocycles. The Bertz CT molecular complexity index is 1570. The van der Waals surface area contributed by atoms with Gasteiger partial charge >= 0.3 is 5.97 Å². The van der Waals surface area contributed by atoms with Crippen LogP contribution in [0.1, 0.15) is 107 Å². The number of rotatable bonds is 13. The highest BCUT2D eigenvalue weighted by Crippen LogP contribution is 2.42. The topological polar surface area (TPSA) is 179 Å². The van der Waals surface area contributed by atoms with E-state index in [1.165, 1.54) is 19.6 Å². The van der Waals surface area contributed by atoms with Crippen molar-refractivity contribution in [3.63, 3.8) is 0 Å². The van der Waals surface area contributed by atoms with Crippen molar-refractivity contribution >= 4 is 11.8 Å². The normalized spacial score (nSPS) is 43.1. The Morgan fingerprint density at radius 2 is 1.50 bits per heavy atom. The Labute approximate surface area is 371 Å². The van der Waals surface area contributed by atoms with E-state index in [-0.39, 0.29) is 43.2 Å². The molecule has 3 saturated heterocycles. The number of hydrogen-bond donors (Lipinski definition) is 3.